The van der Waals surface area contributed by atoms with Gasteiger partial charge in [-0.25, -0.2) is 4.39 Å². The topological polar surface area (TPSA) is 12.0 Å². The van der Waals surface area contributed by atoms with Crippen molar-refractivity contribution in [2.24, 2.45) is 0 Å². The lowest BCUT2D eigenvalue weighted by Gasteiger charge is -2.16. The Bertz CT molecular complexity index is 568. The van der Waals surface area contributed by atoms with Crippen LogP contribution < -0.4 is 5.32 Å². The molecule has 0 saturated heterocycles. The van der Waals surface area contributed by atoms with E-state index >= 15 is 0 Å². The number of nitrogens with one attached hydrogen (secondary N) is 1. The third-order valence-electron chi connectivity index (χ3n) is 3.28. The smallest absolute Gasteiger partial charge is 0.123 e. The van der Waals surface area contributed by atoms with Crippen molar-refractivity contribution >= 4 is 15.9 Å². The average Bonchev–Trinajstić information content (AvgIpc) is 2.38. The SMILES string of the molecule is Cc1cc(F)ccc1CNC(C)c1ccccc1Br. The molecule has 1 N–H and O–H groups in total. The summed E-state index contributed by atoms with van der Waals surface area (Å²) in [6.07, 6.45) is 0. The van der Waals surface area contributed by atoms with Gasteiger partial charge in [-0.3, -0.25) is 0 Å². The second-order valence-corrected chi connectivity index (χ2v) is 5.55. The Kier molecular flexibility index (Phi) is 4.72. The van der Waals surface area contributed by atoms with Crippen LogP contribution in [0.5, 0.6) is 0 Å². The van der Waals surface area contributed by atoms with Crippen LogP contribution in [-0.2, 0) is 6.54 Å². The van der Waals surface area contributed by atoms with Crippen molar-refractivity contribution in [2.45, 2.75) is 26.4 Å². The highest BCUT2D eigenvalue weighted by Gasteiger charge is 2.08. The first-order valence-corrected chi connectivity index (χ1v) is 7.10. The highest BCUT2D eigenvalue weighted by molar-refractivity contribution is 9.10. The maximum atomic E-state index is 13.0. The minimum absolute atomic E-state index is 0.180. The molecule has 2 rings (SSSR count). The van der Waals surface area contributed by atoms with Crippen LogP contribution in [0.2, 0.25) is 0 Å². The fraction of sp³-hybridized carbons (Fsp3) is 0.250. The molecule has 0 spiro atoms. The molecule has 2 aromatic carbocycles. The molecule has 19 heavy (non-hydrogen) atoms. The number of aryl methyl sites for hydroxylation is 1. The van der Waals surface area contributed by atoms with Crippen molar-refractivity contribution in [2.75, 3.05) is 0 Å². The van der Waals surface area contributed by atoms with E-state index in [1.807, 2.05) is 31.2 Å². The molecule has 0 bridgehead atoms. The zero-order valence-electron chi connectivity index (χ0n) is 11.1. The fourth-order valence-electron chi connectivity index (χ4n) is 2.06. The minimum atomic E-state index is -0.180. The Labute approximate surface area is 122 Å². The Morgan fingerprint density at radius 3 is 2.63 bits per heavy atom. The number of rotatable bonds is 4. The van der Waals surface area contributed by atoms with E-state index in [-0.39, 0.29) is 11.9 Å². The van der Waals surface area contributed by atoms with Crippen LogP contribution in [-0.4, -0.2) is 0 Å². The standard InChI is InChI=1S/C16H17BrFN/c1-11-9-14(18)8-7-13(11)10-19-12(2)15-5-3-4-6-16(15)17/h3-9,12,19H,10H2,1-2H3. The lowest BCUT2D eigenvalue weighted by molar-refractivity contribution is 0.569. The van der Waals surface area contributed by atoms with Crippen LogP contribution in [0.15, 0.2) is 46.9 Å². The molecule has 0 aromatic heterocycles. The lowest BCUT2D eigenvalue weighted by atomic mass is 10.1. The lowest BCUT2D eigenvalue weighted by Crippen LogP contribution is -2.19. The van der Waals surface area contributed by atoms with Crippen molar-refractivity contribution in [3.63, 3.8) is 0 Å². The molecule has 2 aromatic rings. The Balaban J connectivity index is 2.04. The van der Waals surface area contributed by atoms with Crippen molar-refractivity contribution in [3.05, 3.63) is 69.4 Å². The van der Waals surface area contributed by atoms with Crippen LogP contribution in [0.25, 0.3) is 0 Å². The number of hydrogen-bond acceptors (Lipinski definition) is 1. The second-order valence-electron chi connectivity index (χ2n) is 4.69. The summed E-state index contributed by atoms with van der Waals surface area (Å²) in [6, 6.07) is 13.3. The summed E-state index contributed by atoms with van der Waals surface area (Å²) in [4.78, 5) is 0. The van der Waals surface area contributed by atoms with Gasteiger partial charge in [0.2, 0.25) is 0 Å². The number of hydrogen-bond donors (Lipinski definition) is 1. The van der Waals surface area contributed by atoms with Crippen molar-refractivity contribution in [1.29, 1.82) is 0 Å². The third kappa shape index (κ3) is 3.64. The first-order chi connectivity index (χ1) is 9.08. The van der Waals surface area contributed by atoms with E-state index in [4.69, 9.17) is 0 Å². The van der Waals surface area contributed by atoms with Crippen LogP contribution in [0.4, 0.5) is 4.39 Å². The van der Waals surface area contributed by atoms with Gasteiger partial charge < -0.3 is 5.32 Å². The summed E-state index contributed by atoms with van der Waals surface area (Å²) in [5.41, 5.74) is 3.33. The molecule has 1 nitrogen and oxygen atoms in total. The molecular weight excluding hydrogens is 305 g/mol. The van der Waals surface area contributed by atoms with E-state index in [1.54, 1.807) is 6.07 Å². The molecule has 100 valence electrons. The Hall–Kier alpha value is -1.19. The number of benzene rings is 2. The van der Waals surface area contributed by atoms with Gasteiger partial charge in [0.15, 0.2) is 0 Å². The Morgan fingerprint density at radius 1 is 1.21 bits per heavy atom. The molecule has 1 unspecified atom stereocenters. The van der Waals surface area contributed by atoms with Crippen molar-refractivity contribution in [3.8, 4) is 0 Å². The average molecular weight is 322 g/mol. The molecule has 0 fully saturated rings. The van der Waals surface area contributed by atoms with Crippen LogP contribution in [0.3, 0.4) is 0 Å². The van der Waals surface area contributed by atoms with Crippen molar-refractivity contribution in [1.82, 2.24) is 5.32 Å². The minimum Gasteiger partial charge on any atom is -0.306 e. The van der Waals surface area contributed by atoms with E-state index in [1.165, 1.54) is 11.6 Å². The molecule has 0 aliphatic rings. The molecule has 1 atom stereocenters. The van der Waals surface area contributed by atoms with Crippen molar-refractivity contribution < 1.29 is 4.39 Å². The van der Waals surface area contributed by atoms with Gasteiger partial charge in [-0.1, -0.05) is 40.2 Å². The molecular formula is C16H17BrFN. The summed E-state index contributed by atoms with van der Waals surface area (Å²) >= 11 is 3.56. The van der Waals surface area contributed by atoms with Gasteiger partial charge in [-0.2, -0.15) is 0 Å². The predicted octanol–water partition coefficient (Wildman–Crippen LogP) is 4.75. The summed E-state index contributed by atoms with van der Waals surface area (Å²) < 4.78 is 14.1. The first-order valence-electron chi connectivity index (χ1n) is 6.31. The predicted molar refractivity (Wildman–Crippen MR) is 80.5 cm³/mol. The molecule has 0 amide bonds. The monoisotopic (exact) mass is 321 g/mol. The normalized spacial score (nSPS) is 12.4. The molecule has 3 heteroatoms. The quantitative estimate of drug-likeness (QED) is 0.857. The molecule has 0 saturated carbocycles. The zero-order chi connectivity index (χ0) is 13.8. The maximum absolute atomic E-state index is 13.0. The van der Waals surface area contributed by atoms with Crippen LogP contribution in [0, 0.1) is 12.7 Å². The largest absolute Gasteiger partial charge is 0.306 e. The molecule has 0 aliphatic carbocycles. The molecule has 0 aliphatic heterocycles. The highest BCUT2D eigenvalue weighted by atomic mass is 79.9. The van der Waals surface area contributed by atoms with Gasteiger partial charge in [-0.15, -0.1) is 0 Å². The van der Waals surface area contributed by atoms with Gasteiger partial charge in [0, 0.05) is 17.1 Å². The highest BCUT2D eigenvalue weighted by Crippen LogP contribution is 2.23. The summed E-state index contributed by atoms with van der Waals surface area (Å²) in [5, 5.41) is 3.46. The summed E-state index contributed by atoms with van der Waals surface area (Å²) in [6.45, 7) is 4.79. The summed E-state index contributed by atoms with van der Waals surface area (Å²) in [7, 11) is 0. The summed E-state index contributed by atoms with van der Waals surface area (Å²) in [5.74, 6) is -0.180. The second kappa shape index (κ2) is 6.31. The molecule has 0 radical (unpaired) electrons. The first kappa shape index (κ1) is 14.2. The van der Waals surface area contributed by atoms with E-state index in [0.29, 0.717) is 0 Å². The maximum Gasteiger partial charge on any atom is 0.123 e. The van der Waals surface area contributed by atoms with Crippen LogP contribution in [0.1, 0.15) is 29.7 Å². The Morgan fingerprint density at radius 2 is 1.95 bits per heavy atom. The van der Waals surface area contributed by atoms with E-state index in [0.717, 1.165) is 22.1 Å². The van der Waals surface area contributed by atoms with E-state index in [2.05, 4.69) is 34.2 Å². The van der Waals surface area contributed by atoms with Gasteiger partial charge in [0.05, 0.1) is 0 Å². The van der Waals surface area contributed by atoms with Gasteiger partial charge in [-0.05, 0) is 48.7 Å². The fourth-order valence-corrected chi connectivity index (χ4v) is 2.69. The molecule has 0 heterocycles. The van der Waals surface area contributed by atoms with Crippen LogP contribution >= 0.6 is 15.9 Å². The van der Waals surface area contributed by atoms with Gasteiger partial charge >= 0.3 is 0 Å². The van der Waals surface area contributed by atoms with Gasteiger partial charge in [0.25, 0.3) is 0 Å². The van der Waals surface area contributed by atoms with E-state index in [9.17, 15) is 4.39 Å². The number of halogens is 2. The zero-order valence-corrected chi connectivity index (χ0v) is 12.7. The third-order valence-corrected chi connectivity index (χ3v) is 4.00. The van der Waals surface area contributed by atoms with E-state index < -0.39 is 0 Å². The van der Waals surface area contributed by atoms with Gasteiger partial charge in [0.1, 0.15) is 5.82 Å².